The Labute approximate surface area is 244 Å². The molecule has 0 radical (unpaired) electrons. The number of aromatic amines is 1. The molecule has 11 nitrogen and oxygen atoms in total. The molecule has 224 valence electrons. The van der Waals surface area contributed by atoms with Gasteiger partial charge in [0.25, 0.3) is 0 Å². The van der Waals surface area contributed by atoms with Gasteiger partial charge in [0.05, 0.1) is 65.7 Å². The highest BCUT2D eigenvalue weighted by Gasteiger charge is 2.28. The number of carbonyl (C=O) groups excluding carboxylic acids is 1. The SMILES string of the molecule is CCOP(=O)(Nc1cc(-c2c(C(=O)c3cc(OC)c(OC)c(OC)c3)[nH]c3cc(OC)ccc23)ccc1OC)OCC. The minimum absolute atomic E-state index is 0.171. The number of ether oxygens (including phenoxy) is 5. The summed E-state index contributed by atoms with van der Waals surface area (Å²) in [5, 5.41) is 3.66. The normalized spacial score (nSPS) is 11.3. The second kappa shape index (κ2) is 13.2. The Balaban J connectivity index is 1.94. The van der Waals surface area contributed by atoms with Crippen molar-refractivity contribution in [2.45, 2.75) is 13.8 Å². The Kier molecular flexibility index (Phi) is 9.67. The van der Waals surface area contributed by atoms with Crippen molar-refractivity contribution in [3.63, 3.8) is 0 Å². The first-order chi connectivity index (χ1) is 20.3. The number of methoxy groups -OCH3 is 5. The van der Waals surface area contributed by atoms with E-state index < -0.39 is 7.75 Å². The number of carbonyl (C=O) groups is 1. The van der Waals surface area contributed by atoms with Gasteiger partial charge in [-0.15, -0.1) is 0 Å². The standard InChI is InChI=1S/C30H35N2O9P/c1-8-40-42(34,41-9-2)32-23-14-18(10-13-24(23)36-4)27-21-12-11-20(35-3)17-22(21)31-28(27)29(33)19-15-25(37-5)30(39-7)26(16-19)38-6/h10-17,31H,8-9H2,1-7H3,(H,32,34). The summed E-state index contributed by atoms with van der Waals surface area (Å²) in [6.45, 7) is 3.79. The fraction of sp³-hybridized carbons (Fsp3) is 0.300. The third kappa shape index (κ3) is 6.04. The lowest BCUT2D eigenvalue weighted by Gasteiger charge is -2.20. The van der Waals surface area contributed by atoms with E-state index in [-0.39, 0.29) is 19.0 Å². The molecule has 0 aliphatic rings. The molecule has 0 atom stereocenters. The van der Waals surface area contributed by atoms with Crippen LogP contribution in [0.5, 0.6) is 28.7 Å². The second-order valence-electron chi connectivity index (χ2n) is 8.89. The van der Waals surface area contributed by atoms with Crippen LogP contribution in [0.2, 0.25) is 0 Å². The highest BCUT2D eigenvalue weighted by Crippen LogP contribution is 2.50. The summed E-state index contributed by atoms with van der Waals surface area (Å²) in [6.07, 6.45) is 0. The van der Waals surface area contributed by atoms with Crippen LogP contribution in [0.4, 0.5) is 5.69 Å². The number of fused-ring (bicyclic) bond motifs is 1. The maximum absolute atomic E-state index is 14.2. The van der Waals surface area contributed by atoms with Crippen molar-refractivity contribution in [1.82, 2.24) is 4.98 Å². The molecule has 1 aromatic heterocycles. The summed E-state index contributed by atoms with van der Waals surface area (Å²) in [4.78, 5) is 17.4. The molecule has 0 saturated carbocycles. The van der Waals surface area contributed by atoms with Crippen LogP contribution in [0.3, 0.4) is 0 Å². The molecule has 12 heteroatoms. The fourth-order valence-corrected chi connectivity index (χ4v) is 6.02. The largest absolute Gasteiger partial charge is 0.497 e. The van der Waals surface area contributed by atoms with Gasteiger partial charge in [0.2, 0.25) is 11.5 Å². The molecule has 0 unspecified atom stereocenters. The smallest absolute Gasteiger partial charge is 0.432 e. The molecule has 0 aliphatic carbocycles. The lowest BCUT2D eigenvalue weighted by molar-refractivity contribution is 0.103. The molecule has 2 N–H and O–H groups in total. The van der Waals surface area contributed by atoms with E-state index in [1.165, 1.54) is 28.4 Å². The van der Waals surface area contributed by atoms with Crippen molar-refractivity contribution in [1.29, 1.82) is 0 Å². The van der Waals surface area contributed by atoms with Gasteiger partial charge in [0.1, 0.15) is 11.5 Å². The van der Waals surface area contributed by atoms with Crippen molar-refractivity contribution in [2.75, 3.05) is 53.9 Å². The quantitative estimate of drug-likeness (QED) is 0.120. The van der Waals surface area contributed by atoms with Gasteiger partial charge in [-0.05, 0) is 55.8 Å². The Hall–Kier alpha value is -4.18. The van der Waals surface area contributed by atoms with E-state index in [0.29, 0.717) is 62.3 Å². The fourth-order valence-electron chi connectivity index (χ4n) is 4.67. The van der Waals surface area contributed by atoms with E-state index in [4.69, 9.17) is 32.7 Å². The van der Waals surface area contributed by atoms with Crippen LogP contribution in [0.25, 0.3) is 22.0 Å². The van der Waals surface area contributed by atoms with Gasteiger partial charge < -0.3 is 28.7 Å². The van der Waals surface area contributed by atoms with Crippen molar-refractivity contribution in [3.05, 3.63) is 59.8 Å². The molecule has 0 aliphatic heterocycles. The number of benzene rings is 3. The van der Waals surface area contributed by atoms with E-state index in [1.54, 1.807) is 45.2 Å². The average molecular weight is 599 g/mol. The van der Waals surface area contributed by atoms with Crippen LogP contribution in [0.1, 0.15) is 29.9 Å². The summed E-state index contributed by atoms with van der Waals surface area (Å²) < 4.78 is 51.6. The van der Waals surface area contributed by atoms with Crippen LogP contribution in [-0.4, -0.2) is 59.5 Å². The van der Waals surface area contributed by atoms with Gasteiger partial charge in [-0.2, -0.15) is 0 Å². The molecule has 3 aromatic carbocycles. The first-order valence-electron chi connectivity index (χ1n) is 13.2. The van der Waals surface area contributed by atoms with Crippen LogP contribution in [0.15, 0.2) is 48.5 Å². The van der Waals surface area contributed by atoms with E-state index >= 15 is 0 Å². The maximum atomic E-state index is 14.2. The lowest BCUT2D eigenvalue weighted by Crippen LogP contribution is -2.07. The molecular formula is C30H35N2O9P. The number of rotatable bonds is 14. The van der Waals surface area contributed by atoms with E-state index in [0.717, 1.165) is 5.39 Å². The number of hydrogen-bond donors (Lipinski definition) is 2. The van der Waals surface area contributed by atoms with E-state index in [2.05, 4.69) is 10.1 Å². The highest BCUT2D eigenvalue weighted by atomic mass is 31.2. The molecule has 1 heterocycles. The van der Waals surface area contributed by atoms with Gasteiger partial charge in [-0.25, -0.2) is 4.57 Å². The molecule has 0 saturated heterocycles. The topological polar surface area (TPSA) is 127 Å². The predicted octanol–water partition coefficient (Wildman–Crippen LogP) is 6.70. The van der Waals surface area contributed by atoms with Gasteiger partial charge >= 0.3 is 7.75 Å². The maximum Gasteiger partial charge on any atom is 0.432 e. The number of H-pyrrole nitrogens is 1. The van der Waals surface area contributed by atoms with Crippen LogP contribution in [0, 0.1) is 0 Å². The second-order valence-corrected chi connectivity index (χ2v) is 10.6. The van der Waals surface area contributed by atoms with Crippen LogP contribution < -0.4 is 28.8 Å². The highest BCUT2D eigenvalue weighted by molar-refractivity contribution is 7.55. The average Bonchev–Trinajstić information content (AvgIpc) is 3.38. The van der Waals surface area contributed by atoms with E-state index in [1.807, 2.05) is 24.3 Å². The van der Waals surface area contributed by atoms with Gasteiger partial charge in [-0.3, -0.25) is 18.9 Å². The zero-order valence-corrected chi connectivity index (χ0v) is 25.5. The van der Waals surface area contributed by atoms with Crippen molar-refractivity contribution in [2.24, 2.45) is 0 Å². The Bertz CT molecular complexity index is 1600. The molecule has 0 spiro atoms. The summed E-state index contributed by atoms with van der Waals surface area (Å²) >= 11 is 0. The Morgan fingerprint density at radius 2 is 1.43 bits per heavy atom. The van der Waals surface area contributed by atoms with Gasteiger partial charge in [0.15, 0.2) is 11.5 Å². The van der Waals surface area contributed by atoms with Crippen LogP contribution in [-0.2, 0) is 13.6 Å². The number of hydrogen-bond acceptors (Lipinski definition) is 9. The summed E-state index contributed by atoms with van der Waals surface area (Å²) in [6, 6.07) is 14.0. The molecular weight excluding hydrogens is 563 g/mol. The first-order valence-corrected chi connectivity index (χ1v) is 14.7. The van der Waals surface area contributed by atoms with Crippen molar-refractivity contribution >= 4 is 30.1 Å². The molecule has 4 rings (SSSR count). The number of ketones is 1. The zero-order chi connectivity index (χ0) is 30.4. The molecule has 0 fully saturated rings. The van der Waals surface area contributed by atoms with Gasteiger partial charge in [0, 0.05) is 22.6 Å². The number of nitrogens with one attached hydrogen (secondary N) is 2. The summed E-state index contributed by atoms with van der Waals surface area (Å²) in [5.74, 6) is 1.78. The number of aromatic nitrogens is 1. The molecule has 42 heavy (non-hydrogen) atoms. The van der Waals surface area contributed by atoms with Crippen molar-refractivity contribution in [3.8, 4) is 39.9 Å². The Morgan fingerprint density at radius 1 is 0.786 bits per heavy atom. The first kappa shape index (κ1) is 30.8. The van der Waals surface area contributed by atoms with Crippen LogP contribution >= 0.6 is 7.75 Å². The minimum Gasteiger partial charge on any atom is -0.497 e. The summed E-state index contributed by atoms with van der Waals surface area (Å²) in [5.41, 5.74) is 2.92. The van der Waals surface area contributed by atoms with Crippen molar-refractivity contribution < 1.29 is 42.1 Å². The lowest BCUT2D eigenvalue weighted by atomic mass is 9.96. The third-order valence-electron chi connectivity index (χ3n) is 6.50. The summed E-state index contributed by atoms with van der Waals surface area (Å²) in [7, 11) is 3.85. The third-order valence-corrected chi connectivity index (χ3v) is 8.21. The molecule has 0 bridgehead atoms. The van der Waals surface area contributed by atoms with Gasteiger partial charge in [-0.1, -0.05) is 6.07 Å². The zero-order valence-electron chi connectivity index (χ0n) is 24.7. The molecule has 4 aromatic rings. The predicted molar refractivity (Wildman–Crippen MR) is 161 cm³/mol. The number of anilines is 1. The molecule has 0 amide bonds. The monoisotopic (exact) mass is 598 g/mol. The Morgan fingerprint density at radius 3 is 1.98 bits per heavy atom. The minimum atomic E-state index is -3.70. The van der Waals surface area contributed by atoms with E-state index in [9.17, 15) is 9.36 Å².